The topological polar surface area (TPSA) is 55.4 Å². The summed E-state index contributed by atoms with van der Waals surface area (Å²) >= 11 is 0. The second-order valence-electron chi connectivity index (χ2n) is 7.14. The van der Waals surface area contributed by atoms with Crippen LogP contribution in [0.2, 0.25) is 0 Å². The normalized spacial score (nSPS) is 22.0. The highest BCUT2D eigenvalue weighted by molar-refractivity contribution is 6.02. The van der Waals surface area contributed by atoms with Gasteiger partial charge in [0.2, 0.25) is 5.91 Å². The van der Waals surface area contributed by atoms with Crippen LogP contribution in [-0.2, 0) is 9.59 Å². The number of rotatable bonds is 3. The second-order valence-corrected chi connectivity index (χ2v) is 7.14. The average Bonchev–Trinajstić information content (AvgIpc) is 2.69. The van der Waals surface area contributed by atoms with E-state index in [0.717, 1.165) is 17.4 Å². The zero-order valence-electron chi connectivity index (χ0n) is 15.3. The molecule has 0 spiro atoms. The van der Waals surface area contributed by atoms with Gasteiger partial charge in [0.25, 0.3) is 0 Å². The van der Waals surface area contributed by atoms with Gasteiger partial charge in [-0.15, -0.1) is 0 Å². The fourth-order valence-corrected chi connectivity index (χ4v) is 4.13. The SMILES string of the molecule is COc1ccc([C@@H]2CC(=O)C3=C(C2)NC(=O)C[C@@H]3c2cccc(F)c2F)cc1. The molecule has 6 heteroatoms. The van der Waals surface area contributed by atoms with Gasteiger partial charge in [0.05, 0.1) is 7.11 Å². The zero-order chi connectivity index (χ0) is 19.8. The Labute approximate surface area is 161 Å². The van der Waals surface area contributed by atoms with Crippen LogP contribution >= 0.6 is 0 Å². The Kier molecular flexibility index (Phi) is 4.71. The number of hydrogen-bond donors (Lipinski definition) is 1. The zero-order valence-corrected chi connectivity index (χ0v) is 15.3. The van der Waals surface area contributed by atoms with Crippen molar-refractivity contribution in [2.75, 3.05) is 7.11 Å². The molecular formula is C22H19F2NO3. The number of amides is 1. The Morgan fingerprint density at radius 1 is 1.00 bits per heavy atom. The highest BCUT2D eigenvalue weighted by Gasteiger charge is 2.39. The number of benzene rings is 2. The van der Waals surface area contributed by atoms with E-state index in [4.69, 9.17) is 4.74 Å². The standard InChI is InChI=1S/C22H19F2NO3/c1-28-14-7-5-12(6-8-14)13-9-18-21(19(26)10-13)16(11-20(27)25-18)15-3-2-4-17(23)22(15)24/h2-8,13,16H,9-11H2,1H3,(H,25,27)/t13-,16+/m0/s1. The van der Waals surface area contributed by atoms with E-state index in [0.29, 0.717) is 17.7 Å². The molecule has 0 fully saturated rings. The van der Waals surface area contributed by atoms with E-state index in [2.05, 4.69) is 5.32 Å². The first-order valence-corrected chi connectivity index (χ1v) is 9.12. The number of nitrogens with one attached hydrogen (secondary N) is 1. The van der Waals surface area contributed by atoms with Crippen molar-refractivity contribution in [1.29, 1.82) is 0 Å². The lowest BCUT2D eigenvalue weighted by atomic mass is 9.73. The van der Waals surface area contributed by atoms with Crippen LogP contribution < -0.4 is 10.1 Å². The molecule has 28 heavy (non-hydrogen) atoms. The van der Waals surface area contributed by atoms with E-state index in [1.54, 1.807) is 7.11 Å². The summed E-state index contributed by atoms with van der Waals surface area (Å²) in [6.07, 6.45) is 0.652. The molecule has 4 rings (SSSR count). The molecule has 0 saturated heterocycles. The van der Waals surface area contributed by atoms with Crippen molar-refractivity contribution < 1.29 is 23.1 Å². The smallest absolute Gasteiger partial charge is 0.225 e. The van der Waals surface area contributed by atoms with Crippen molar-refractivity contribution in [3.63, 3.8) is 0 Å². The van der Waals surface area contributed by atoms with E-state index in [1.807, 2.05) is 24.3 Å². The van der Waals surface area contributed by atoms with Crippen LogP contribution in [0.1, 0.15) is 42.2 Å². The van der Waals surface area contributed by atoms with Crippen molar-refractivity contribution in [2.45, 2.75) is 31.1 Å². The van der Waals surface area contributed by atoms with Crippen LogP contribution in [0.5, 0.6) is 5.75 Å². The summed E-state index contributed by atoms with van der Waals surface area (Å²) in [4.78, 5) is 25.2. The lowest BCUT2D eigenvalue weighted by Crippen LogP contribution is -2.38. The first-order valence-electron chi connectivity index (χ1n) is 9.12. The van der Waals surface area contributed by atoms with Gasteiger partial charge in [-0.25, -0.2) is 8.78 Å². The molecule has 2 aromatic rings. The van der Waals surface area contributed by atoms with Gasteiger partial charge in [0, 0.05) is 30.0 Å². The quantitative estimate of drug-likeness (QED) is 0.872. The van der Waals surface area contributed by atoms with Crippen LogP contribution in [-0.4, -0.2) is 18.8 Å². The molecule has 0 unspecified atom stereocenters. The third-order valence-electron chi connectivity index (χ3n) is 5.48. The summed E-state index contributed by atoms with van der Waals surface area (Å²) in [7, 11) is 1.58. The molecule has 0 radical (unpaired) electrons. The van der Waals surface area contributed by atoms with Crippen molar-refractivity contribution >= 4 is 11.7 Å². The summed E-state index contributed by atoms with van der Waals surface area (Å²) in [5.74, 6) is -2.55. The Balaban J connectivity index is 1.71. The van der Waals surface area contributed by atoms with Crippen molar-refractivity contribution in [1.82, 2.24) is 5.32 Å². The largest absolute Gasteiger partial charge is 0.497 e. The monoisotopic (exact) mass is 383 g/mol. The molecule has 2 aliphatic rings. The lowest BCUT2D eigenvalue weighted by molar-refractivity contribution is -0.122. The Morgan fingerprint density at radius 2 is 1.75 bits per heavy atom. The summed E-state index contributed by atoms with van der Waals surface area (Å²) < 4.78 is 33.2. The molecule has 0 bridgehead atoms. The van der Waals surface area contributed by atoms with Crippen LogP contribution in [0, 0.1) is 11.6 Å². The van der Waals surface area contributed by atoms with Crippen molar-refractivity contribution in [2.24, 2.45) is 0 Å². The maximum absolute atomic E-state index is 14.4. The van der Waals surface area contributed by atoms with Crippen LogP contribution in [0.15, 0.2) is 53.7 Å². The second kappa shape index (κ2) is 7.19. The highest BCUT2D eigenvalue weighted by Crippen LogP contribution is 2.43. The predicted molar refractivity (Wildman–Crippen MR) is 98.9 cm³/mol. The van der Waals surface area contributed by atoms with E-state index in [1.165, 1.54) is 12.1 Å². The van der Waals surface area contributed by atoms with Crippen molar-refractivity contribution in [3.8, 4) is 5.75 Å². The van der Waals surface area contributed by atoms with Crippen LogP contribution in [0.25, 0.3) is 0 Å². The molecule has 2 aromatic carbocycles. The molecule has 0 aromatic heterocycles. The third-order valence-corrected chi connectivity index (χ3v) is 5.48. The fraction of sp³-hybridized carbons (Fsp3) is 0.273. The van der Waals surface area contributed by atoms with Gasteiger partial charge in [-0.2, -0.15) is 0 Å². The van der Waals surface area contributed by atoms with Gasteiger partial charge < -0.3 is 10.1 Å². The number of ether oxygens (including phenoxy) is 1. The molecular weight excluding hydrogens is 364 g/mol. The first-order chi connectivity index (χ1) is 13.5. The van der Waals surface area contributed by atoms with Gasteiger partial charge in [-0.3, -0.25) is 9.59 Å². The van der Waals surface area contributed by atoms with E-state index >= 15 is 0 Å². The van der Waals surface area contributed by atoms with Crippen LogP contribution in [0.3, 0.4) is 0 Å². The minimum atomic E-state index is -1.00. The molecule has 144 valence electrons. The summed E-state index contributed by atoms with van der Waals surface area (Å²) in [5.41, 5.74) is 1.93. The molecule has 2 atom stereocenters. The number of Topliss-reactive ketones (excluding diaryl/α,β-unsaturated/α-hetero) is 1. The molecule has 1 N–H and O–H groups in total. The number of allylic oxidation sites excluding steroid dienone is 2. The predicted octanol–water partition coefficient (Wildman–Crippen LogP) is 3.98. The minimum absolute atomic E-state index is 0.0543. The minimum Gasteiger partial charge on any atom is -0.497 e. The number of hydrogen-bond acceptors (Lipinski definition) is 3. The fourth-order valence-electron chi connectivity index (χ4n) is 4.13. The molecule has 4 nitrogen and oxygen atoms in total. The molecule has 1 aliphatic heterocycles. The number of ketones is 1. The number of carbonyl (C=O) groups excluding carboxylic acids is 2. The molecule has 1 amide bonds. The van der Waals surface area contributed by atoms with Gasteiger partial charge in [0.15, 0.2) is 17.4 Å². The van der Waals surface area contributed by atoms with Gasteiger partial charge in [-0.05, 0) is 41.7 Å². The Morgan fingerprint density at radius 3 is 2.46 bits per heavy atom. The Hall–Kier alpha value is -3.02. The summed E-state index contributed by atoms with van der Waals surface area (Å²) in [6, 6.07) is 11.3. The number of halogens is 2. The van der Waals surface area contributed by atoms with E-state index < -0.39 is 17.6 Å². The molecule has 1 heterocycles. The number of carbonyl (C=O) groups is 2. The molecule has 0 saturated carbocycles. The lowest BCUT2D eigenvalue weighted by Gasteiger charge is -2.34. The summed E-state index contributed by atoms with van der Waals surface area (Å²) in [6.45, 7) is 0. The average molecular weight is 383 g/mol. The van der Waals surface area contributed by atoms with Crippen molar-refractivity contribution in [3.05, 3.63) is 76.5 Å². The summed E-state index contributed by atoms with van der Waals surface area (Å²) in [5, 5.41) is 2.78. The maximum Gasteiger partial charge on any atom is 0.225 e. The number of methoxy groups -OCH3 is 1. The van der Waals surface area contributed by atoms with Gasteiger partial charge in [-0.1, -0.05) is 24.3 Å². The Bertz CT molecular complexity index is 982. The maximum atomic E-state index is 14.4. The van der Waals surface area contributed by atoms with E-state index in [-0.39, 0.29) is 36.0 Å². The van der Waals surface area contributed by atoms with E-state index in [9.17, 15) is 18.4 Å². The van der Waals surface area contributed by atoms with Gasteiger partial charge in [0.1, 0.15) is 5.75 Å². The molecule has 1 aliphatic carbocycles. The van der Waals surface area contributed by atoms with Crippen LogP contribution in [0.4, 0.5) is 8.78 Å². The third kappa shape index (κ3) is 3.19. The first kappa shape index (κ1) is 18.3. The van der Waals surface area contributed by atoms with Gasteiger partial charge >= 0.3 is 0 Å². The highest BCUT2D eigenvalue weighted by atomic mass is 19.2.